The van der Waals surface area contributed by atoms with Gasteiger partial charge in [-0.2, -0.15) is 0 Å². The van der Waals surface area contributed by atoms with E-state index in [1.54, 1.807) is 0 Å². The maximum Gasteiger partial charge on any atom is 0.325 e. The van der Waals surface area contributed by atoms with Crippen LogP contribution in [0, 0.1) is 20.8 Å². The molecule has 0 aliphatic carbocycles. The van der Waals surface area contributed by atoms with Gasteiger partial charge < -0.3 is 5.32 Å². The molecule has 162 valence electrons. The fraction of sp³-hybridized carbons (Fsp3) is 0.222. The van der Waals surface area contributed by atoms with Gasteiger partial charge in [0.05, 0.1) is 6.54 Å². The Morgan fingerprint density at radius 2 is 1.44 bits per heavy atom. The molecule has 1 unspecified atom stereocenters. The van der Waals surface area contributed by atoms with Crippen molar-refractivity contribution in [2.45, 2.75) is 32.7 Å². The Bertz CT molecular complexity index is 1190. The van der Waals surface area contributed by atoms with Gasteiger partial charge in [0.2, 0.25) is 0 Å². The van der Waals surface area contributed by atoms with Crippen LogP contribution in [0.5, 0.6) is 0 Å². The van der Waals surface area contributed by atoms with Gasteiger partial charge >= 0.3 is 6.03 Å². The topological polar surface area (TPSA) is 66.5 Å². The van der Waals surface area contributed by atoms with Gasteiger partial charge in [0, 0.05) is 12.0 Å². The van der Waals surface area contributed by atoms with Crippen molar-refractivity contribution in [3.8, 4) is 0 Å². The van der Waals surface area contributed by atoms with E-state index in [0.717, 1.165) is 27.2 Å². The van der Waals surface area contributed by atoms with Crippen molar-refractivity contribution >= 4 is 17.7 Å². The average Bonchev–Trinajstić information content (AvgIpc) is 3.02. The Morgan fingerprint density at radius 1 is 0.844 bits per heavy atom. The van der Waals surface area contributed by atoms with Crippen molar-refractivity contribution in [2.75, 3.05) is 6.54 Å². The predicted octanol–water partition coefficient (Wildman–Crippen LogP) is 4.48. The number of Topliss-reactive ketones (excluding diaryl/α,β-unsaturated/α-hetero) is 1. The van der Waals surface area contributed by atoms with Gasteiger partial charge in [-0.1, -0.05) is 66.7 Å². The van der Waals surface area contributed by atoms with E-state index in [9.17, 15) is 14.4 Å². The highest BCUT2D eigenvalue weighted by molar-refractivity contribution is 6.11. The van der Waals surface area contributed by atoms with Crippen molar-refractivity contribution in [1.82, 2.24) is 10.2 Å². The summed E-state index contributed by atoms with van der Waals surface area (Å²) in [6, 6.07) is 22.0. The lowest BCUT2D eigenvalue weighted by Gasteiger charge is -2.27. The molecule has 1 saturated heterocycles. The van der Waals surface area contributed by atoms with E-state index in [2.05, 4.69) is 5.32 Å². The Labute approximate surface area is 188 Å². The number of imide groups is 1. The summed E-state index contributed by atoms with van der Waals surface area (Å²) in [4.78, 5) is 40.8. The van der Waals surface area contributed by atoms with Crippen LogP contribution in [-0.4, -0.2) is 29.2 Å². The number of hydrogen-bond acceptors (Lipinski definition) is 3. The summed E-state index contributed by atoms with van der Waals surface area (Å²) in [5.41, 5.74) is 3.83. The summed E-state index contributed by atoms with van der Waals surface area (Å²) in [5.74, 6) is -0.662. The van der Waals surface area contributed by atoms with Crippen molar-refractivity contribution < 1.29 is 14.4 Å². The van der Waals surface area contributed by atoms with Gasteiger partial charge in [-0.3, -0.25) is 14.5 Å². The van der Waals surface area contributed by atoms with E-state index in [0.29, 0.717) is 17.5 Å². The van der Waals surface area contributed by atoms with Crippen LogP contribution in [0.2, 0.25) is 0 Å². The second kappa shape index (κ2) is 8.42. The predicted molar refractivity (Wildman–Crippen MR) is 123 cm³/mol. The molecule has 0 saturated carbocycles. The highest BCUT2D eigenvalue weighted by Crippen LogP contribution is 2.33. The zero-order valence-corrected chi connectivity index (χ0v) is 18.5. The summed E-state index contributed by atoms with van der Waals surface area (Å²) in [6.45, 7) is 5.51. The minimum Gasteiger partial charge on any atom is -0.319 e. The Morgan fingerprint density at radius 3 is 2.09 bits per heavy atom. The van der Waals surface area contributed by atoms with Crippen LogP contribution >= 0.6 is 0 Å². The van der Waals surface area contributed by atoms with Gasteiger partial charge in [0.1, 0.15) is 0 Å². The molecule has 1 heterocycles. The molecule has 3 aromatic rings. The van der Waals surface area contributed by atoms with Crippen LogP contribution < -0.4 is 5.32 Å². The molecule has 3 aromatic carbocycles. The van der Waals surface area contributed by atoms with Gasteiger partial charge in [0.15, 0.2) is 11.3 Å². The third-order valence-electron chi connectivity index (χ3n) is 6.20. The number of ketones is 1. The first-order chi connectivity index (χ1) is 15.3. The maximum absolute atomic E-state index is 13.7. The fourth-order valence-corrected chi connectivity index (χ4v) is 4.30. The number of amides is 3. The number of rotatable bonds is 6. The van der Waals surface area contributed by atoms with Crippen LogP contribution in [0.15, 0.2) is 72.8 Å². The number of carbonyl (C=O) groups is 3. The lowest BCUT2D eigenvalue weighted by atomic mass is 9.83. The number of carbonyl (C=O) groups excluding carboxylic acids is 3. The lowest BCUT2D eigenvalue weighted by molar-refractivity contribution is -0.131. The number of aryl methyl sites for hydroxylation is 3. The Balaban J connectivity index is 1.68. The van der Waals surface area contributed by atoms with E-state index in [1.165, 1.54) is 0 Å². The molecule has 5 heteroatoms. The third kappa shape index (κ3) is 3.82. The van der Waals surface area contributed by atoms with Crippen LogP contribution in [0.1, 0.15) is 38.2 Å². The summed E-state index contributed by atoms with van der Waals surface area (Å²) in [6.07, 6.45) is 0.301. The van der Waals surface area contributed by atoms with Crippen molar-refractivity contribution in [3.05, 3.63) is 106 Å². The van der Waals surface area contributed by atoms with Crippen molar-refractivity contribution in [2.24, 2.45) is 0 Å². The molecule has 1 aliphatic rings. The zero-order valence-electron chi connectivity index (χ0n) is 18.5. The molecule has 5 nitrogen and oxygen atoms in total. The largest absolute Gasteiger partial charge is 0.325 e. The fourth-order valence-electron chi connectivity index (χ4n) is 4.30. The Hall–Kier alpha value is -3.73. The highest BCUT2D eigenvalue weighted by Gasteiger charge is 2.52. The van der Waals surface area contributed by atoms with Gasteiger partial charge in [-0.15, -0.1) is 0 Å². The molecule has 32 heavy (non-hydrogen) atoms. The lowest BCUT2D eigenvalue weighted by Crippen LogP contribution is -2.46. The van der Waals surface area contributed by atoms with Gasteiger partial charge in [-0.05, 0) is 54.7 Å². The molecule has 0 aromatic heterocycles. The second-order valence-corrected chi connectivity index (χ2v) is 8.43. The minimum atomic E-state index is -1.25. The average molecular weight is 427 g/mol. The molecule has 0 bridgehead atoms. The molecule has 0 radical (unpaired) electrons. The number of nitrogens with one attached hydrogen (secondary N) is 1. The zero-order chi connectivity index (χ0) is 22.9. The minimum absolute atomic E-state index is 0.252. The number of benzene rings is 3. The third-order valence-corrected chi connectivity index (χ3v) is 6.20. The van der Waals surface area contributed by atoms with E-state index >= 15 is 0 Å². The number of nitrogens with zero attached hydrogens (tertiary/aromatic N) is 1. The first kappa shape index (κ1) is 21.5. The van der Waals surface area contributed by atoms with Crippen molar-refractivity contribution in [3.63, 3.8) is 0 Å². The smallest absolute Gasteiger partial charge is 0.319 e. The summed E-state index contributed by atoms with van der Waals surface area (Å²) in [5, 5.41) is 2.91. The number of urea groups is 1. The molecule has 4 rings (SSSR count). The number of hydrogen-bond donors (Lipinski definition) is 1. The van der Waals surface area contributed by atoms with Crippen LogP contribution in [0.3, 0.4) is 0 Å². The first-order valence-corrected chi connectivity index (χ1v) is 10.7. The molecule has 1 aliphatic heterocycles. The van der Waals surface area contributed by atoms with E-state index < -0.39 is 17.5 Å². The standard InChI is InChI=1S/C27H26N2O3/c1-18-14-20(3)23(15-19(18)2)24(30)17-29-25(31)27(28-26(29)32,22-12-8-5-9-13-22)16-21-10-6-4-7-11-21/h4-15H,16-17H2,1-3H3,(H,28,32). The molecule has 1 atom stereocenters. The normalized spacial score (nSPS) is 18.0. The molecule has 1 N–H and O–H groups in total. The van der Waals surface area contributed by atoms with E-state index in [-0.39, 0.29) is 12.3 Å². The van der Waals surface area contributed by atoms with Crippen LogP contribution in [0.4, 0.5) is 4.79 Å². The molecular weight excluding hydrogens is 400 g/mol. The SMILES string of the molecule is Cc1cc(C)c(C(=O)CN2C(=O)NC(Cc3ccccc3)(c3ccccc3)C2=O)cc1C. The van der Waals surface area contributed by atoms with Gasteiger partial charge in [-0.25, -0.2) is 4.79 Å². The highest BCUT2D eigenvalue weighted by atomic mass is 16.2. The molecule has 3 amide bonds. The van der Waals surface area contributed by atoms with Crippen LogP contribution in [-0.2, 0) is 16.8 Å². The molecular formula is C27H26N2O3. The summed E-state index contributed by atoms with van der Waals surface area (Å²) >= 11 is 0. The molecule has 1 fully saturated rings. The van der Waals surface area contributed by atoms with Gasteiger partial charge in [0.25, 0.3) is 5.91 Å². The second-order valence-electron chi connectivity index (χ2n) is 8.43. The maximum atomic E-state index is 13.7. The summed E-state index contributed by atoms with van der Waals surface area (Å²) < 4.78 is 0. The quantitative estimate of drug-likeness (QED) is 0.467. The van der Waals surface area contributed by atoms with Crippen LogP contribution in [0.25, 0.3) is 0 Å². The van der Waals surface area contributed by atoms with E-state index in [1.807, 2.05) is 93.6 Å². The van der Waals surface area contributed by atoms with E-state index in [4.69, 9.17) is 0 Å². The van der Waals surface area contributed by atoms with Crippen molar-refractivity contribution in [1.29, 1.82) is 0 Å². The Kier molecular flexibility index (Phi) is 5.66. The summed E-state index contributed by atoms with van der Waals surface area (Å²) in [7, 11) is 0. The monoisotopic (exact) mass is 426 g/mol. The first-order valence-electron chi connectivity index (χ1n) is 10.7. The molecule has 0 spiro atoms.